The monoisotopic (exact) mass is 259 g/mol. The number of piperidine rings is 1. The number of hydrogen-bond acceptors (Lipinski definition) is 3. The van der Waals surface area contributed by atoms with Crippen molar-refractivity contribution in [2.75, 3.05) is 6.54 Å². The first-order chi connectivity index (χ1) is 9.25. The minimum atomic E-state index is 0.0992. The van der Waals surface area contributed by atoms with Crippen molar-refractivity contribution in [1.29, 1.82) is 0 Å². The predicted octanol–water partition coefficient (Wildman–Crippen LogP) is 2.58. The number of carbonyl (C=O) groups excluding carboxylic acids is 1. The summed E-state index contributed by atoms with van der Waals surface area (Å²) in [6, 6.07) is 2.19. The summed E-state index contributed by atoms with van der Waals surface area (Å²) in [5.74, 6) is 1.49. The van der Waals surface area contributed by atoms with Crippen LogP contribution in [0.15, 0.2) is 12.3 Å². The second kappa shape index (κ2) is 5.27. The molecule has 1 aliphatic heterocycles. The van der Waals surface area contributed by atoms with Crippen LogP contribution in [0.1, 0.15) is 54.8 Å². The summed E-state index contributed by atoms with van der Waals surface area (Å²) < 4.78 is 0. The Labute approximate surface area is 114 Å². The Kier molecular flexibility index (Phi) is 3.49. The van der Waals surface area contributed by atoms with Crippen molar-refractivity contribution in [3.63, 3.8) is 0 Å². The van der Waals surface area contributed by atoms with E-state index in [1.165, 1.54) is 32.1 Å². The van der Waals surface area contributed by atoms with E-state index in [4.69, 9.17) is 0 Å². The first kappa shape index (κ1) is 12.6. The highest BCUT2D eigenvalue weighted by molar-refractivity contribution is 5.92. The van der Waals surface area contributed by atoms with Crippen LogP contribution in [0.2, 0.25) is 0 Å². The molecule has 2 heterocycles. The van der Waals surface area contributed by atoms with E-state index in [1.807, 2.05) is 6.92 Å². The fourth-order valence-corrected chi connectivity index (χ4v) is 3.60. The van der Waals surface area contributed by atoms with Crippen LogP contribution in [0.25, 0.3) is 0 Å². The van der Waals surface area contributed by atoms with Crippen LogP contribution in [0.3, 0.4) is 0 Å². The number of nitrogens with zero attached hydrogens (tertiary/aromatic N) is 3. The van der Waals surface area contributed by atoms with E-state index < -0.39 is 0 Å². The molecule has 0 unspecified atom stereocenters. The van der Waals surface area contributed by atoms with Gasteiger partial charge in [0, 0.05) is 18.8 Å². The Hall–Kier alpha value is -1.45. The molecular formula is C15H21N3O. The van der Waals surface area contributed by atoms with Gasteiger partial charge in [0.15, 0.2) is 0 Å². The summed E-state index contributed by atoms with van der Waals surface area (Å²) in [7, 11) is 0. The second-order valence-electron chi connectivity index (χ2n) is 5.74. The SMILES string of the molecule is Cc1nccc(C(=O)N2CCC[C@H]3CCCC[C@H]32)n1. The van der Waals surface area contributed by atoms with E-state index in [1.54, 1.807) is 12.3 Å². The quantitative estimate of drug-likeness (QED) is 0.778. The molecule has 1 aromatic rings. The van der Waals surface area contributed by atoms with Crippen molar-refractivity contribution in [1.82, 2.24) is 14.9 Å². The van der Waals surface area contributed by atoms with Crippen LogP contribution in [-0.2, 0) is 0 Å². The van der Waals surface area contributed by atoms with Crippen molar-refractivity contribution in [3.05, 3.63) is 23.8 Å². The number of aryl methyl sites for hydroxylation is 1. The van der Waals surface area contributed by atoms with Gasteiger partial charge in [-0.05, 0) is 44.6 Å². The lowest BCUT2D eigenvalue weighted by Crippen LogP contribution is -2.49. The molecule has 2 atom stereocenters. The number of hydrogen-bond donors (Lipinski definition) is 0. The number of amides is 1. The summed E-state index contributed by atoms with van der Waals surface area (Å²) in [6.07, 6.45) is 9.15. The number of carbonyl (C=O) groups is 1. The summed E-state index contributed by atoms with van der Waals surface area (Å²) in [5.41, 5.74) is 0.554. The fraction of sp³-hybridized carbons (Fsp3) is 0.667. The van der Waals surface area contributed by atoms with Gasteiger partial charge < -0.3 is 4.90 Å². The third-order valence-electron chi connectivity index (χ3n) is 4.50. The summed E-state index contributed by atoms with van der Waals surface area (Å²) in [4.78, 5) is 23.1. The molecule has 1 aromatic heterocycles. The van der Waals surface area contributed by atoms with Gasteiger partial charge >= 0.3 is 0 Å². The zero-order valence-electron chi connectivity index (χ0n) is 11.5. The molecule has 0 spiro atoms. The highest BCUT2D eigenvalue weighted by Gasteiger charge is 2.36. The molecule has 0 radical (unpaired) electrons. The van der Waals surface area contributed by atoms with E-state index >= 15 is 0 Å². The Morgan fingerprint density at radius 3 is 2.89 bits per heavy atom. The summed E-state index contributed by atoms with van der Waals surface area (Å²) in [6.45, 7) is 2.72. The van der Waals surface area contributed by atoms with Gasteiger partial charge in [0.25, 0.3) is 5.91 Å². The molecule has 0 bridgehead atoms. The second-order valence-corrected chi connectivity index (χ2v) is 5.74. The third kappa shape index (κ3) is 2.48. The van der Waals surface area contributed by atoms with Gasteiger partial charge in [-0.15, -0.1) is 0 Å². The molecule has 2 fully saturated rings. The first-order valence-corrected chi connectivity index (χ1v) is 7.36. The van der Waals surface area contributed by atoms with Gasteiger partial charge in [-0.3, -0.25) is 4.79 Å². The molecule has 1 saturated carbocycles. The molecule has 0 N–H and O–H groups in total. The van der Waals surface area contributed by atoms with Crippen LogP contribution >= 0.6 is 0 Å². The molecule has 102 valence electrons. The van der Waals surface area contributed by atoms with Crippen LogP contribution in [0.4, 0.5) is 0 Å². The van der Waals surface area contributed by atoms with E-state index in [2.05, 4.69) is 14.9 Å². The summed E-state index contributed by atoms with van der Waals surface area (Å²) in [5, 5.41) is 0. The smallest absolute Gasteiger partial charge is 0.272 e. The third-order valence-corrected chi connectivity index (χ3v) is 4.50. The van der Waals surface area contributed by atoms with Crippen molar-refractivity contribution < 1.29 is 4.79 Å². The van der Waals surface area contributed by atoms with E-state index in [-0.39, 0.29) is 5.91 Å². The van der Waals surface area contributed by atoms with Gasteiger partial charge in [-0.2, -0.15) is 0 Å². The van der Waals surface area contributed by atoms with Gasteiger partial charge in [0.1, 0.15) is 11.5 Å². The van der Waals surface area contributed by atoms with Gasteiger partial charge in [-0.1, -0.05) is 12.8 Å². The fourth-order valence-electron chi connectivity index (χ4n) is 3.60. The maximum Gasteiger partial charge on any atom is 0.272 e. The standard InChI is InChI=1S/C15H21N3O/c1-11-16-9-8-13(17-11)15(19)18-10-4-6-12-5-2-3-7-14(12)18/h8-9,12,14H,2-7,10H2,1H3/t12-,14-/m1/s1. The predicted molar refractivity (Wildman–Crippen MR) is 72.8 cm³/mol. The Morgan fingerprint density at radius 2 is 2.05 bits per heavy atom. The van der Waals surface area contributed by atoms with Crippen molar-refractivity contribution in [2.45, 2.75) is 51.5 Å². The molecule has 3 rings (SSSR count). The topological polar surface area (TPSA) is 46.1 Å². The van der Waals surface area contributed by atoms with Crippen LogP contribution in [0.5, 0.6) is 0 Å². The van der Waals surface area contributed by atoms with E-state index in [0.29, 0.717) is 17.6 Å². The minimum absolute atomic E-state index is 0.0992. The molecule has 2 aliphatic rings. The maximum absolute atomic E-state index is 12.6. The molecule has 19 heavy (non-hydrogen) atoms. The van der Waals surface area contributed by atoms with Gasteiger partial charge in [0.05, 0.1) is 0 Å². The van der Waals surface area contributed by atoms with Crippen molar-refractivity contribution in [2.24, 2.45) is 5.92 Å². The molecule has 4 nitrogen and oxygen atoms in total. The van der Waals surface area contributed by atoms with Crippen molar-refractivity contribution >= 4 is 5.91 Å². The number of rotatable bonds is 1. The molecule has 1 aliphatic carbocycles. The molecule has 1 saturated heterocycles. The van der Waals surface area contributed by atoms with Gasteiger partial charge in [-0.25, -0.2) is 9.97 Å². The number of likely N-dealkylation sites (tertiary alicyclic amines) is 1. The normalized spacial score (nSPS) is 26.9. The van der Waals surface area contributed by atoms with E-state index in [0.717, 1.165) is 18.9 Å². The zero-order valence-corrected chi connectivity index (χ0v) is 11.5. The molecule has 1 amide bonds. The first-order valence-electron chi connectivity index (χ1n) is 7.36. The number of fused-ring (bicyclic) bond motifs is 1. The van der Waals surface area contributed by atoms with Crippen LogP contribution in [-0.4, -0.2) is 33.4 Å². The lowest BCUT2D eigenvalue weighted by Gasteiger charge is -2.44. The summed E-state index contributed by atoms with van der Waals surface area (Å²) >= 11 is 0. The molecule has 0 aromatic carbocycles. The van der Waals surface area contributed by atoms with Crippen molar-refractivity contribution in [3.8, 4) is 0 Å². The Bertz CT molecular complexity index is 472. The minimum Gasteiger partial charge on any atom is -0.334 e. The van der Waals surface area contributed by atoms with Crippen LogP contribution in [0, 0.1) is 12.8 Å². The lowest BCUT2D eigenvalue weighted by molar-refractivity contribution is 0.0385. The zero-order chi connectivity index (χ0) is 13.2. The average molecular weight is 259 g/mol. The Morgan fingerprint density at radius 1 is 1.26 bits per heavy atom. The highest BCUT2D eigenvalue weighted by atomic mass is 16.2. The highest BCUT2D eigenvalue weighted by Crippen LogP contribution is 2.35. The lowest BCUT2D eigenvalue weighted by atomic mass is 9.78. The largest absolute Gasteiger partial charge is 0.334 e. The average Bonchev–Trinajstić information content (AvgIpc) is 2.46. The Balaban J connectivity index is 1.82. The van der Waals surface area contributed by atoms with E-state index in [9.17, 15) is 4.79 Å². The van der Waals surface area contributed by atoms with Gasteiger partial charge in [0.2, 0.25) is 0 Å². The number of aromatic nitrogens is 2. The van der Waals surface area contributed by atoms with Crippen LogP contribution < -0.4 is 0 Å². The maximum atomic E-state index is 12.6. The molecular weight excluding hydrogens is 238 g/mol. The molecule has 4 heteroatoms.